The maximum atomic E-state index is 5.93. The minimum Gasteiger partial charge on any atom is -0.398 e. The van der Waals surface area contributed by atoms with E-state index >= 15 is 0 Å². The highest BCUT2D eigenvalue weighted by atomic mass is 79.9. The Morgan fingerprint density at radius 1 is 1.21 bits per heavy atom. The van der Waals surface area contributed by atoms with Gasteiger partial charge in [-0.05, 0) is 53.5 Å². The van der Waals surface area contributed by atoms with Crippen LogP contribution < -0.4 is 5.73 Å². The van der Waals surface area contributed by atoms with Crippen molar-refractivity contribution in [2.45, 2.75) is 13.8 Å². The lowest BCUT2D eigenvalue weighted by Crippen LogP contribution is -1.93. The smallest absolute Gasteiger partial charge is 0.0867 e. The zero-order valence-electron chi connectivity index (χ0n) is 8.13. The van der Waals surface area contributed by atoms with Crippen LogP contribution in [0.5, 0.6) is 0 Å². The molecule has 0 aliphatic carbocycles. The van der Waals surface area contributed by atoms with E-state index < -0.39 is 0 Å². The van der Waals surface area contributed by atoms with E-state index in [9.17, 15) is 0 Å². The summed E-state index contributed by atoms with van der Waals surface area (Å²) >= 11 is 3.50. The van der Waals surface area contributed by atoms with Gasteiger partial charge >= 0.3 is 0 Å². The minimum atomic E-state index is 0.789. The Hall–Kier alpha value is -1.09. The zero-order valence-corrected chi connectivity index (χ0v) is 9.72. The standard InChI is InChI=1S/C11H11BrN2/c1-6-3-8-10(13)5-7(2)14-11(8)9(12)4-6/h3-5H,1-2H3,(H2,13,14). The molecule has 14 heavy (non-hydrogen) atoms. The van der Waals surface area contributed by atoms with E-state index in [1.54, 1.807) is 0 Å². The molecule has 2 rings (SSSR count). The molecule has 72 valence electrons. The Kier molecular flexibility index (Phi) is 2.19. The number of aromatic nitrogens is 1. The van der Waals surface area contributed by atoms with Crippen LogP contribution in [0, 0.1) is 13.8 Å². The van der Waals surface area contributed by atoms with E-state index in [1.807, 2.05) is 26.0 Å². The van der Waals surface area contributed by atoms with Gasteiger partial charge in [0.15, 0.2) is 0 Å². The van der Waals surface area contributed by atoms with Gasteiger partial charge in [0, 0.05) is 21.2 Å². The van der Waals surface area contributed by atoms with Crippen LogP contribution >= 0.6 is 15.9 Å². The lowest BCUT2D eigenvalue weighted by molar-refractivity contribution is 1.25. The first-order valence-electron chi connectivity index (χ1n) is 4.41. The van der Waals surface area contributed by atoms with Crippen molar-refractivity contribution in [3.05, 3.63) is 33.9 Å². The predicted octanol–water partition coefficient (Wildman–Crippen LogP) is 3.20. The number of hydrogen-bond donors (Lipinski definition) is 1. The Morgan fingerprint density at radius 2 is 1.93 bits per heavy atom. The van der Waals surface area contributed by atoms with E-state index in [0.717, 1.165) is 26.8 Å². The number of halogens is 1. The number of fused-ring (bicyclic) bond motifs is 1. The van der Waals surface area contributed by atoms with Gasteiger partial charge in [0.2, 0.25) is 0 Å². The molecule has 1 aromatic carbocycles. The van der Waals surface area contributed by atoms with Crippen molar-refractivity contribution in [1.82, 2.24) is 4.98 Å². The van der Waals surface area contributed by atoms with Gasteiger partial charge in [0.25, 0.3) is 0 Å². The molecule has 0 saturated heterocycles. The van der Waals surface area contributed by atoms with Crippen molar-refractivity contribution in [2.75, 3.05) is 5.73 Å². The molecule has 2 aromatic rings. The summed E-state index contributed by atoms with van der Waals surface area (Å²) in [7, 11) is 0. The summed E-state index contributed by atoms with van der Waals surface area (Å²) in [6.45, 7) is 3.99. The third kappa shape index (κ3) is 1.48. The molecule has 0 radical (unpaired) electrons. The second-order valence-corrected chi connectivity index (χ2v) is 4.35. The van der Waals surface area contributed by atoms with Crippen LogP contribution in [-0.2, 0) is 0 Å². The SMILES string of the molecule is Cc1cc(Br)c2nc(C)cc(N)c2c1. The summed E-state index contributed by atoms with van der Waals surface area (Å²) in [6, 6.07) is 6.00. The molecule has 1 aromatic heterocycles. The fraction of sp³-hybridized carbons (Fsp3) is 0.182. The van der Waals surface area contributed by atoms with Crippen LogP contribution in [0.15, 0.2) is 22.7 Å². The first kappa shape index (κ1) is 9.46. The van der Waals surface area contributed by atoms with Gasteiger partial charge in [-0.25, -0.2) is 0 Å². The number of hydrogen-bond acceptors (Lipinski definition) is 2. The van der Waals surface area contributed by atoms with E-state index in [-0.39, 0.29) is 0 Å². The largest absolute Gasteiger partial charge is 0.398 e. The summed E-state index contributed by atoms with van der Waals surface area (Å²) in [5.74, 6) is 0. The maximum Gasteiger partial charge on any atom is 0.0867 e. The van der Waals surface area contributed by atoms with Crippen LogP contribution in [-0.4, -0.2) is 4.98 Å². The van der Waals surface area contributed by atoms with E-state index in [4.69, 9.17) is 5.73 Å². The normalized spacial score (nSPS) is 10.8. The van der Waals surface area contributed by atoms with Gasteiger partial charge in [-0.2, -0.15) is 0 Å². The Morgan fingerprint density at radius 3 is 2.64 bits per heavy atom. The molecule has 3 heteroatoms. The molecular formula is C11H11BrN2. The fourth-order valence-corrected chi connectivity index (χ4v) is 2.24. The number of rotatable bonds is 0. The average molecular weight is 251 g/mol. The second-order valence-electron chi connectivity index (χ2n) is 3.50. The molecule has 0 fully saturated rings. The van der Waals surface area contributed by atoms with Crippen molar-refractivity contribution < 1.29 is 0 Å². The molecule has 0 bridgehead atoms. The summed E-state index contributed by atoms with van der Waals surface area (Å²) in [6.07, 6.45) is 0. The van der Waals surface area contributed by atoms with Gasteiger partial charge < -0.3 is 5.73 Å². The van der Waals surface area contributed by atoms with Gasteiger partial charge in [-0.1, -0.05) is 0 Å². The topological polar surface area (TPSA) is 38.9 Å². The highest BCUT2D eigenvalue weighted by molar-refractivity contribution is 9.10. The Labute approximate surface area is 91.3 Å². The van der Waals surface area contributed by atoms with Crippen molar-refractivity contribution in [3.8, 4) is 0 Å². The minimum absolute atomic E-state index is 0.789. The number of anilines is 1. The molecule has 0 aliphatic heterocycles. The van der Waals surface area contributed by atoms with Crippen LogP contribution in [0.4, 0.5) is 5.69 Å². The first-order chi connectivity index (χ1) is 6.58. The van der Waals surface area contributed by atoms with Crippen molar-refractivity contribution >= 4 is 32.5 Å². The van der Waals surface area contributed by atoms with Gasteiger partial charge in [-0.15, -0.1) is 0 Å². The van der Waals surface area contributed by atoms with Crippen LogP contribution in [0.2, 0.25) is 0 Å². The average Bonchev–Trinajstić information content (AvgIpc) is 2.07. The second kappa shape index (κ2) is 3.24. The number of pyridine rings is 1. The summed E-state index contributed by atoms with van der Waals surface area (Å²) in [5, 5.41) is 1.02. The Balaban J connectivity index is 2.94. The molecule has 0 aliphatic rings. The van der Waals surface area contributed by atoms with Gasteiger partial charge in [0.05, 0.1) is 5.52 Å². The molecule has 0 spiro atoms. The quantitative estimate of drug-likeness (QED) is 0.780. The number of nitrogen functional groups attached to an aromatic ring is 1. The lowest BCUT2D eigenvalue weighted by atomic mass is 10.1. The number of nitrogens with zero attached hydrogens (tertiary/aromatic N) is 1. The monoisotopic (exact) mass is 250 g/mol. The third-order valence-electron chi connectivity index (χ3n) is 2.17. The summed E-state index contributed by atoms with van der Waals surface area (Å²) in [5.41, 5.74) is 9.79. The highest BCUT2D eigenvalue weighted by Crippen LogP contribution is 2.28. The van der Waals surface area contributed by atoms with Crippen LogP contribution in [0.25, 0.3) is 10.9 Å². The number of benzene rings is 1. The third-order valence-corrected chi connectivity index (χ3v) is 2.78. The van der Waals surface area contributed by atoms with Crippen molar-refractivity contribution in [2.24, 2.45) is 0 Å². The maximum absolute atomic E-state index is 5.93. The summed E-state index contributed by atoms with van der Waals surface area (Å²) in [4.78, 5) is 4.45. The lowest BCUT2D eigenvalue weighted by Gasteiger charge is -2.06. The first-order valence-corrected chi connectivity index (χ1v) is 5.20. The molecule has 1 heterocycles. The van der Waals surface area contributed by atoms with Gasteiger partial charge in [0.1, 0.15) is 0 Å². The van der Waals surface area contributed by atoms with Crippen LogP contribution in [0.3, 0.4) is 0 Å². The van der Waals surface area contributed by atoms with E-state index in [1.165, 1.54) is 5.56 Å². The number of aryl methyl sites for hydroxylation is 2. The molecule has 0 unspecified atom stereocenters. The zero-order chi connectivity index (χ0) is 10.3. The van der Waals surface area contributed by atoms with Crippen molar-refractivity contribution in [1.29, 1.82) is 0 Å². The van der Waals surface area contributed by atoms with Crippen LogP contribution in [0.1, 0.15) is 11.3 Å². The summed E-state index contributed by atoms with van der Waals surface area (Å²) < 4.78 is 1.00. The fourth-order valence-electron chi connectivity index (χ4n) is 1.58. The Bertz CT molecular complexity index is 459. The molecule has 2 N–H and O–H groups in total. The van der Waals surface area contributed by atoms with E-state index in [2.05, 4.69) is 27.0 Å². The van der Waals surface area contributed by atoms with Crippen molar-refractivity contribution in [3.63, 3.8) is 0 Å². The predicted molar refractivity (Wildman–Crippen MR) is 63.3 cm³/mol. The molecule has 0 atom stereocenters. The molecule has 0 amide bonds. The number of nitrogens with two attached hydrogens (primary N) is 1. The van der Waals surface area contributed by atoms with E-state index in [0.29, 0.717) is 0 Å². The molecular weight excluding hydrogens is 240 g/mol. The van der Waals surface area contributed by atoms with Gasteiger partial charge in [-0.3, -0.25) is 4.98 Å². The molecule has 0 saturated carbocycles. The molecule has 2 nitrogen and oxygen atoms in total. The highest BCUT2D eigenvalue weighted by Gasteiger charge is 2.05.